The fourth-order valence-corrected chi connectivity index (χ4v) is 2.81. The van der Waals surface area contributed by atoms with Crippen molar-refractivity contribution in [2.45, 2.75) is 20.3 Å². The largest absolute Gasteiger partial charge is 0.496 e. The van der Waals surface area contributed by atoms with E-state index in [-0.39, 0.29) is 12.0 Å². The second kappa shape index (κ2) is 7.35. The number of carbonyl (C=O) groups is 2. The van der Waals surface area contributed by atoms with Crippen molar-refractivity contribution in [3.05, 3.63) is 28.8 Å². The van der Waals surface area contributed by atoms with E-state index in [1.165, 1.54) is 7.11 Å². The number of ether oxygens (including phenoxy) is 2. The Balaban J connectivity index is 1.98. The van der Waals surface area contributed by atoms with Crippen molar-refractivity contribution in [2.75, 3.05) is 40.4 Å². The minimum absolute atomic E-state index is 0.0854. The number of nitrogens with zero attached hydrogens (tertiary/aromatic N) is 2. The minimum atomic E-state index is -0.335. The Kier molecular flexibility index (Phi) is 5.47. The first-order valence-corrected chi connectivity index (χ1v) is 7.71. The molecule has 2 rings (SSSR count). The fraction of sp³-hybridized carbons (Fsp3) is 0.529. The van der Waals surface area contributed by atoms with Gasteiger partial charge in [0, 0.05) is 26.2 Å². The average Bonchev–Trinajstić information content (AvgIpc) is 2.58. The monoisotopic (exact) mass is 320 g/mol. The van der Waals surface area contributed by atoms with E-state index in [4.69, 9.17) is 9.47 Å². The summed E-state index contributed by atoms with van der Waals surface area (Å²) in [6.45, 7) is 6.12. The number of amides is 2. The molecule has 0 aliphatic carbocycles. The zero-order valence-corrected chi connectivity index (χ0v) is 14.2. The summed E-state index contributed by atoms with van der Waals surface area (Å²) in [7, 11) is 3.02. The van der Waals surface area contributed by atoms with Gasteiger partial charge in [-0.05, 0) is 36.6 Å². The Hall–Kier alpha value is -2.24. The molecule has 1 aromatic carbocycles. The highest BCUT2D eigenvalue weighted by Crippen LogP contribution is 2.24. The first-order chi connectivity index (χ1) is 11.0. The normalized spacial score (nSPS) is 14.6. The van der Waals surface area contributed by atoms with Crippen LogP contribution in [0.15, 0.2) is 12.1 Å². The lowest BCUT2D eigenvalue weighted by Gasteiger charge is -2.34. The molecule has 0 spiro atoms. The molecule has 126 valence electrons. The number of piperazine rings is 1. The van der Waals surface area contributed by atoms with Gasteiger partial charge >= 0.3 is 6.09 Å². The molecule has 1 aliphatic heterocycles. The van der Waals surface area contributed by atoms with E-state index in [0.29, 0.717) is 32.6 Å². The summed E-state index contributed by atoms with van der Waals surface area (Å²) in [6.07, 6.45) is 0.0354. The molecule has 6 nitrogen and oxygen atoms in total. The van der Waals surface area contributed by atoms with Crippen LogP contribution in [-0.2, 0) is 16.0 Å². The van der Waals surface area contributed by atoms with E-state index >= 15 is 0 Å². The maximum absolute atomic E-state index is 12.5. The zero-order chi connectivity index (χ0) is 17.0. The summed E-state index contributed by atoms with van der Waals surface area (Å²) in [5, 5.41) is 0. The maximum Gasteiger partial charge on any atom is 0.409 e. The molecule has 0 aromatic heterocycles. The number of hydrogen-bond acceptors (Lipinski definition) is 4. The zero-order valence-electron chi connectivity index (χ0n) is 14.2. The third kappa shape index (κ3) is 3.75. The van der Waals surface area contributed by atoms with Gasteiger partial charge in [-0.15, -0.1) is 0 Å². The van der Waals surface area contributed by atoms with E-state index in [1.807, 2.05) is 26.0 Å². The molecule has 1 saturated heterocycles. The molecule has 0 N–H and O–H groups in total. The molecule has 1 fully saturated rings. The summed E-state index contributed by atoms with van der Waals surface area (Å²) >= 11 is 0. The Bertz CT molecular complexity index is 593. The second-order valence-corrected chi connectivity index (χ2v) is 5.69. The van der Waals surface area contributed by atoms with Gasteiger partial charge in [-0.25, -0.2) is 4.79 Å². The van der Waals surface area contributed by atoms with E-state index in [0.717, 1.165) is 22.4 Å². The average molecular weight is 320 g/mol. The molecule has 2 amide bonds. The molecule has 1 aromatic rings. The summed E-state index contributed by atoms with van der Waals surface area (Å²) in [6, 6.07) is 3.85. The predicted octanol–water partition coefficient (Wildman–Crippen LogP) is 1.77. The summed E-state index contributed by atoms with van der Waals surface area (Å²) < 4.78 is 10.0. The molecule has 0 atom stereocenters. The van der Waals surface area contributed by atoms with Gasteiger partial charge < -0.3 is 19.3 Å². The Morgan fingerprint density at radius 2 is 1.61 bits per heavy atom. The molecular weight excluding hydrogens is 296 g/mol. The highest BCUT2D eigenvalue weighted by atomic mass is 16.5. The van der Waals surface area contributed by atoms with E-state index in [9.17, 15) is 9.59 Å². The molecule has 0 saturated carbocycles. The molecule has 6 heteroatoms. The third-order valence-electron chi connectivity index (χ3n) is 4.48. The topological polar surface area (TPSA) is 59.1 Å². The van der Waals surface area contributed by atoms with E-state index in [1.54, 1.807) is 16.9 Å². The van der Waals surface area contributed by atoms with E-state index < -0.39 is 0 Å². The smallest absolute Gasteiger partial charge is 0.409 e. The molecule has 0 bridgehead atoms. The van der Waals surface area contributed by atoms with Gasteiger partial charge in [0.1, 0.15) is 5.75 Å². The minimum Gasteiger partial charge on any atom is -0.496 e. The molecular formula is C17H24N2O4. The fourth-order valence-electron chi connectivity index (χ4n) is 2.81. The summed E-state index contributed by atoms with van der Waals surface area (Å²) in [4.78, 5) is 27.4. The quantitative estimate of drug-likeness (QED) is 0.851. The van der Waals surface area contributed by atoms with Crippen LogP contribution in [0.25, 0.3) is 0 Å². The molecule has 23 heavy (non-hydrogen) atoms. The molecule has 1 heterocycles. The number of hydrogen-bond donors (Lipinski definition) is 0. The Morgan fingerprint density at radius 3 is 2.17 bits per heavy atom. The second-order valence-electron chi connectivity index (χ2n) is 5.69. The Labute approximate surface area is 137 Å². The predicted molar refractivity (Wildman–Crippen MR) is 86.7 cm³/mol. The van der Waals surface area contributed by atoms with Crippen molar-refractivity contribution < 1.29 is 19.1 Å². The number of benzene rings is 1. The number of rotatable bonds is 3. The van der Waals surface area contributed by atoms with Gasteiger partial charge in [-0.3, -0.25) is 4.79 Å². The van der Waals surface area contributed by atoms with Crippen molar-refractivity contribution in [3.8, 4) is 5.75 Å². The van der Waals surface area contributed by atoms with Crippen molar-refractivity contribution in [1.29, 1.82) is 0 Å². The maximum atomic E-state index is 12.5. The van der Waals surface area contributed by atoms with Crippen molar-refractivity contribution in [3.63, 3.8) is 0 Å². The lowest BCUT2D eigenvalue weighted by molar-refractivity contribution is -0.132. The highest BCUT2D eigenvalue weighted by molar-refractivity contribution is 5.80. The van der Waals surface area contributed by atoms with Crippen LogP contribution < -0.4 is 4.74 Å². The van der Waals surface area contributed by atoms with Crippen LogP contribution in [-0.4, -0.2) is 62.2 Å². The third-order valence-corrected chi connectivity index (χ3v) is 4.48. The van der Waals surface area contributed by atoms with Gasteiger partial charge in [0.2, 0.25) is 5.91 Å². The standard InChI is InChI=1S/C17H24N2O4/c1-12-13(2)15(22-3)6-5-14(12)11-16(20)18-7-9-19(10-8-18)17(21)23-4/h5-6H,7-11H2,1-4H3. The number of methoxy groups -OCH3 is 2. The van der Waals surface area contributed by atoms with Crippen LogP contribution >= 0.6 is 0 Å². The number of carbonyl (C=O) groups excluding carboxylic acids is 2. The summed E-state index contributed by atoms with van der Waals surface area (Å²) in [5.41, 5.74) is 3.17. The van der Waals surface area contributed by atoms with Gasteiger partial charge in [0.05, 0.1) is 20.6 Å². The van der Waals surface area contributed by atoms with Crippen LogP contribution in [0.4, 0.5) is 4.79 Å². The van der Waals surface area contributed by atoms with Crippen LogP contribution in [0.1, 0.15) is 16.7 Å². The van der Waals surface area contributed by atoms with Crippen LogP contribution in [0.5, 0.6) is 5.75 Å². The van der Waals surface area contributed by atoms with Crippen LogP contribution in [0.2, 0.25) is 0 Å². The first-order valence-electron chi connectivity index (χ1n) is 7.71. The van der Waals surface area contributed by atoms with Crippen LogP contribution in [0, 0.1) is 13.8 Å². The van der Waals surface area contributed by atoms with Gasteiger partial charge in [0.15, 0.2) is 0 Å². The summed E-state index contributed by atoms with van der Waals surface area (Å²) in [5.74, 6) is 0.924. The van der Waals surface area contributed by atoms with Gasteiger partial charge in [-0.2, -0.15) is 0 Å². The van der Waals surface area contributed by atoms with Gasteiger partial charge in [0.25, 0.3) is 0 Å². The molecule has 0 radical (unpaired) electrons. The SMILES string of the molecule is COC(=O)N1CCN(C(=O)Cc2ccc(OC)c(C)c2C)CC1. The molecule has 1 aliphatic rings. The lowest BCUT2D eigenvalue weighted by Crippen LogP contribution is -2.51. The van der Waals surface area contributed by atoms with Crippen LogP contribution in [0.3, 0.4) is 0 Å². The first kappa shape index (κ1) is 17.1. The van der Waals surface area contributed by atoms with Crippen molar-refractivity contribution in [1.82, 2.24) is 9.80 Å². The van der Waals surface area contributed by atoms with Gasteiger partial charge in [-0.1, -0.05) is 6.07 Å². The van der Waals surface area contributed by atoms with Crippen molar-refractivity contribution in [2.24, 2.45) is 0 Å². The Morgan fingerprint density at radius 1 is 1.00 bits per heavy atom. The molecule has 0 unspecified atom stereocenters. The van der Waals surface area contributed by atoms with Crippen molar-refractivity contribution >= 4 is 12.0 Å². The van der Waals surface area contributed by atoms with E-state index in [2.05, 4.69) is 0 Å². The highest BCUT2D eigenvalue weighted by Gasteiger charge is 2.24. The lowest BCUT2D eigenvalue weighted by atomic mass is 9.99.